The van der Waals surface area contributed by atoms with E-state index in [1.54, 1.807) is 11.3 Å². The Kier molecular flexibility index (Phi) is 2.87. The van der Waals surface area contributed by atoms with Gasteiger partial charge in [-0.25, -0.2) is 0 Å². The number of thiophene rings is 1. The van der Waals surface area contributed by atoms with Gasteiger partial charge in [0.05, 0.1) is 6.10 Å². The minimum Gasteiger partial charge on any atom is -0.388 e. The Hall–Kier alpha value is -1.32. The molecule has 1 aliphatic heterocycles. The van der Waals surface area contributed by atoms with Crippen LogP contribution in [0.4, 0.5) is 5.69 Å². The molecule has 2 aromatic rings. The van der Waals surface area contributed by atoms with Crippen LogP contribution in [0.5, 0.6) is 0 Å². The zero-order valence-electron chi connectivity index (χ0n) is 9.52. The third-order valence-corrected chi connectivity index (χ3v) is 4.11. The summed E-state index contributed by atoms with van der Waals surface area (Å²) in [5.41, 5.74) is 3.51. The van der Waals surface area contributed by atoms with E-state index in [1.807, 2.05) is 18.2 Å². The summed E-state index contributed by atoms with van der Waals surface area (Å²) >= 11 is 1.70. The fraction of sp³-hybridized carbons (Fsp3) is 0.286. The maximum absolute atomic E-state index is 10.3. The molecule has 0 bridgehead atoms. The van der Waals surface area contributed by atoms with E-state index < -0.39 is 6.10 Å². The first-order chi connectivity index (χ1) is 8.34. The standard InChI is InChI=1S/C14H15NOS/c16-13(9-11-4-2-8-17-11)12-5-1-3-10-6-7-15-14(10)12/h1-5,8,13,15-16H,6-7,9H2. The Morgan fingerprint density at radius 1 is 1.29 bits per heavy atom. The molecule has 0 saturated carbocycles. The summed E-state index contributed by atoms with van der Waals surface area (Å²) in [4.78, 5) is 1.23. The molecule has 3 heteroatoms. The third-order valence-electron chi connectivity index (χ3n) is 3.21. The fourth-order valence-corrected chi connectivity index (χ4v) is 3.12. The molecular weight excluding hydrogens is 230 g/mol. The second-order valence-corrected chi connectivity index (χ2v) is 5.39. The Balaban J connectivity index is 1.86. The van der Waals surface area contributed by atoms with Crippen LogP contribution in [0.1, 0.15) is 22.1 Å². The molecule has 1 aromatic carbocycles. The number of fused-ring (bicyclic) bond motifs is 1. The predicted molar refractivity (Wildman–Crippen MR) is 71.6 cm³/mol. The van der Waals surface area contributed by atoms with Crippen molar-refractivity contribution < 1.29 is 5.11 Å². The van der Waals surface area contributed by atoms with Crippen LogP contribution in [0.15, 0.2) is 35.7 Å². The molecule has 1 aromatic heterocycles. The molecular formula is C14H15NOS. The molecule has 88 valence electrons. The smallest absolute Gasteiger partial charge is 0.0858 e. The minimum absolute atomic E-state index is 0.408. The molecule has 1 unspecified atom stereocenters. The second-order valence-electron chi connectivity index (χ2n) is 4.36. The number of aliphatic hydroxyl groups is 1. The molecule has 1 aliphatic rings. The maximum atomic E-state index is 10.3. The van der Waals surface area contributed by atoms with Gasteiger partial charge in [-0.05, 0) is 23.4 Å². The van der Waals surface area contributed by atoms with Crippen molar-refractivity contribution in [1.82, 2.24) is 0 Å². The van der Waals surface area contributed by atoms with Gasteiger partial charge in [0.15, 0.2) is 0 Å². The van der Waals surface area contributed by atoms with E-state index in [0.29, 0.717) is 6.42 Å². The number of hydrogen-bond acceptors (Lipinski definition) is 3. The van der Waals surface area contributed by atoms with Crippen molar-refractivity contribution in [1.29, 1.82) is 0 Å². The number of anilines is 1. The van der Waals surface area contributed by atoms with E-state index >= 15 is 0 Å². The SMILES string of the molecule is OC(Cc1cccs1)c1cccc2c1NCC2. The van der Waals surface area contributed by atoms with Crippen LogP contribution in [0.2, 0.25) is 0 Å². The Bertz CT molecular complexity index is 507. The summed E-state index contributed by atoms with van der Waals surface area (Å²) in [6.07, 6.45) is 1.36. The lowest BCUT2D eigenvalue weighted by molar-refractivity contribution is 0.180. The molecule has 1 atom stereocenters. The highest BCUT2D eigenvalue weighted by molar-refractivity contribution is 7.09. The van der Waals surface area contributed by atoms with Gasteiger partial charge in [-0.1, -0.05) is 24.3 Å². The number of nitrogens with one attached hydrogen (secondary N) is 1. The highest BCUT2D eigenvalue weighted by atomic mass is 32.1. The molecule has 2 N–H and O–H groups in total. The average molecular weight is 245 g/mol. The van der Waals surface area contributed by atoms with Crippen LogP contribution in [0, 0.1) is 0 Å². The number of hydrogen-bond donors (Lipinski definition) is 2. The Morgan fingerprint density at radius 3 is 3.06 bits per heavy atom. The van der Waals surface area contributed by atoms with Crippen molar-refractivity contribution in [2.75, 3.05) is 11.9 Å². The first-order valence-electron chi connectivity index (χ1n) is 5.90. The third kappa shape index (κ3) is 2.08. The minimum atomic E-state index is -0.408. The molecule has 2 nitrogen and oxygen atoms in total. The van der Waals surface area contributed by atoms with E-state index in [4.69, 9.17) is 0 Å². The van der Waals surface area contributed by atoms with E-state index in [0.717, 1.165) is 24.2 Å². The van der Waals surface area contributed by atoms with Gasteiger partial charge in [0, 0.05) is 29.1 Å². The van der Waals surface area contributed by atoms with E-state index in [-0.39, 0.29) is 0 Å². The second kappa shape index (κ2) is 4.51. The van der Waals surface area contributed by atoms with Crippen LogP contribution in [-0.4, -0.2) is 11.7 Å². The van der Waals surface area contributed by atoms with Crippen molar-refractivity contribution in [3.8, 4) is 0 Å². The van der Waals surface area contributed by atoms with E-state index in [9.17, 15) is 5.11 Å². The van der Waals surface area contributed by atoms with E-state index in [2.05, 4.69) is 22.8 Å². The molecule has 0 amide bonds. The summed E-state index contributed by atoms with van der Waals surface area (Å²) < 4.78 is 0. The van der Waals surface area contributed by atoms with Gasteiger partial charge in [0.2, 0.25) is 0 Å². The normalized spacial score (nSPS) is 15.4. The molecule has 0 radical (unpaired) electrons. The number of para-hydroxylation sites is 1. The lowest BCUT2D eigenvalue weighted by Crippen LogP contribution is -2.04. The van der Waals surface area contributed by atoms with Crippen molar-refractivity contribution >= 4 is 17.0 Å². The molecule has 2 heterocycles. The largest absolute Gasteiger partial charge is 0.388 e. The van der Waals surface area contributed by atoms with Crippen molar-refractivity contribution in [2.45, 2.75) is 18.9 Å². The van der Waals surface area contributed by atoms with Gasteiger partial charge in [0.1, 0.15) is 0 Å². The molecule has 3 rings (SSSR count). The van der Waals surface area contributed by atoms with Gasteiger partial charge in [-0.2, -0.15) is 0 Å². The molecule has 17 heavy (non-hydrogen) atoms. The summed E-state index contributed by atoms with van der Waals surface area (Å²) in [7, 11) is 0. The summed E-state index contributed by atoms with van der Waals surface area (Å²) in [6, 6.07) is 10.3. The number of aliphatic hydroxyl groups excluding tert-OH is 1. The van der Waals surface area contributed by atoms with Crippen molar-refractivity contribution in [2.24, 2.45) is 0 Å². The van der Waals surface area contributed by atoms with Gasteiger partial charge in [-0.3, -0.25) is 0 Å². The fourth-order valence-electron chi connectivity index (χ4n) is 2.37. The maximum Gasteiger partial charge on any atom is 0.0858 e. The summed E-state index contributed by atoms with van der Waals surface area (Å²) in [5, 5.41) is 15.7. The first-order valence-corrected chi connectivity index (χ1v) is 6.78. The van der Waals surface area contributed by atoms with Crippen LogP contribution in [0.3, 0.4) is 0 Å². The van der Waals surface area contributed by atoms with Crippen molar-refractivity contribution in [3.63, 3.8) is 0 Å². The van der Waals surface area contributed by atoms with E-state index in [1.165, 1.54) is 10.4 Å². The van der Waals surface area contributed by atoms with Crippen LogP contribution in [-0.2, 0) is 12.8 Å². The number of rotatable bonds is 3. The average Bonchev–Trinajstić information content (AvgIpc) is 2.97. The van der Waals surface area contributed by atoms with Gasteiger partial charge in [-0.15, -0.1) is 11.3 Å². The zero-order valence-corrected chi connectivity index (χ0v) is 10.3. The monoisotopic (exact) mass is 245 g/mol. The molecule has 0 saturated heterocycles. The highest BCUT2D eigenvalue weighted by Gasteiger charge is 2.19. The van der Waals surface area contributed by atoms with Gasteiger partial charge >= 0.3 is 0 Å². The predicted octanol–water partition coefficient (Wildman–Crippen LogP) is 2.99. The van der Waals surface area contributed by atoms with Gasteiger partial charge < -0.3 is 10.4 Å². The topological polar surface area (TPSA) is 32.3 Å². The quantitative estimate of drug-likeness (QED) is 0.871. The highest BCUT2D eigenvalue weighted by Crippen LogP contribution is 2.32. The molecule has 0 spiro atoms. The lowest BCUT2D eigenvalue weighted by Gasteiger charge is -2.14. The molecule has 0 aliphatic carbocycles. The van der Waals surface area contributed by atoms with Crippen LogP contribution < -0.4 is 5.32 Å². The molecule has 0 fully saturated rings. The lowest BCUT2D eigenvalue weighted by atomic mass is 10.0. The van der Waals surface area contributed by atoms with Crippen molar-refractivity contribution in [3.05, 3.63) is 51.7 Å². The Morgan fingerprint density at radius 2 is 2.24 bits per heavy atom. The van der Waals surface area contributed by atoms with Crippen LogP contribution >= 0.6 is 11.3 Å². The zero-order chi connectivity index (χ0) is 11.7. The van der Waals surface area contributed by atoms with Gasteiger partial charge in [0.25, 0.3) is 0 Å². The summed E-state index contributed by atoms with van der Waals surface area (Å²) in [6.45, 7) is 0.984. The first kappa shape index (κ1) is 10.8. The van der Waals surface area contributed by atoms with Crippen LogP contribution in [0.25, 0.3) is 0 Å². The Labute approximate surface area is 105 Å². The summed E-state index contributed by atoms with van der Waals surface area (Å²) in [5.74, 6) is 0. The number of benzene rings is 1.